The zero-order valence-electron chi connectivity index (χ0n) is 11.7. The third-order valence-corrected chi connectivity index (χ3v) is 4.42. The van der Waals surface area contributed by atoms with Crippen molar-refractivity contribution in [2.24, 2.45) is 0 Å². The van der Waals surface area contributed by atoms with Crippen LogP contribution < -0.4 is 0 Å². The first-order valence-corrected chi connectivity index (χ1v) is 7.77. The summed E-state index contributed by atoms with van der Waals surface area (Å²) in [6.45, 7) is 6.37. The molecule has 0 saturated carbocycles. The van der Waals surface area contributed by atoms with E-state index in [1.165, 1.54) is 11.3 Å². The van der Waals surface area contributed by atoms with E-state index in [0.29, 0.717) is 17.9 Å². The molecule has 1 aliphatic rings. The molecule has 112 valence electrons. The first-order valence-electron chi connectivity index (χ1n) is 6.95. The molecule has 0 amide bonds. The molecule has 1 aromatic rings. The van der Waals surface area contributed by atoms with Gasteiger partial charge in [0.1, 0.15) is 4.88 Å². The van der Waals surface area contributed by atoms with Gasteiger partial charge in [-0.15, -0.1) is 11.3 Å². The normalized spacial score (nSPS) is 17.9. The second-order valence-electron chi connectivity index (χ2n) is 4.68. The van der Waals surface area contributed by atoms with Crippen LogP contribution >= 0.6 is 11.3 Å². The van der Waals surface area contributed by atoms with Gasteiger partial charge in [-0.2, -0.15) is 0 Å². The molecule has 0 bridgehead atoms. The molecule has 1 N–H and O–H groups in total. The Morgan fingerprint density at radius 2 is 2.25 bits per heavy atom. The molecule has 0 aliphatic carbocycles. The van der Waals surface area contributed by atoms with E-state index in [-0.39, 0.29) is 5.97 Å². The molecule has 2 heterocycles. The van der Waals surface area contributed by atoms with Gasteiger partial charge in [-0.3, -0.25) is 4.90 Å². The number of morpholine rings is 1. The van der Waals surface area contributed by atoms with Gasteiger partial charge in [0.05, 0.1) is 25.9 Å². The van der Waals surface area contributed by atoms with Crippen LogP contribution in [0.15, 0.2) is 12.1 Å². The second-order valence-corrected chi connectivity index (χ2v) is 5.80. The fourth-order valence-electron chi connectivity index (χ4n) is 2.12. The smallest absolute Gasteiger partial charge is 0.348 e. The number of ether oxygens (including phenoxy) is 2. The van der Waals surface area contributed by atoms with Gasteiger partial charge in [0.25, 0.3) is 0 Å². The van der Waals surface area contributed by atoms with E-state index in [1.54, 1.807) is 19.1 Å². The lowest BCUT2D eigenvalue weighted by Gasteiger charge is -2.27. The molecule has 1 aliphatic heterocycles. The van der Waals surface area contributed by atoms with Crippen LogP contribution in [-0.4, -0.2) is 55.4 Å². The first-order chi connectivity index (χ1) is 9.70. The van der Waals surface area contributed by atoms with E-state index in [1.807, 2.05) is 0 Å². The summed E-state index contributed by atoms with van der Waals surface area (Å²) in [5.41, 5.74) is 0. The molecule has 1 aromatic heterocycles. The van der Waals surface area contributed by atoms with Crippen molar-refractivity contribution in [3.8, 4) is 0 Å². The molecular formula is C14H21NO4S. The van der Waals surface area contributed by atoms with Crippen LogP contribution in [0.1, 0.15) is 34.0 Å². The van der Waals surface area contributed by atoms with Crippen LogP contribution in [0.25, 0.3) is 0 Å². The maximum atomic E-state index is 11.6. The fraction of sp³-hybridized carbons (Fsp3) is 0.643. The van der Waals surface area contributed by atoms with Gasteiger partial charge in [0, 0.05) is 24.5 Å². The minimum absolute atomic E-state index is 0.316. The number of hydrogen-bond donors (Lipinski definition) is 1. The molecule has 20 heavy (non-hydrogen) atoms. The number of thiophene rings is 1. The largest absolute Gasteiger partial charge is 0.462 e. The lowest BCUT2D eigenvalue weighted by atomic mass is 10.2. The third kappa shape index (κ3) is 4.28. The van der Waals surface area contributed by atoms with E-state index in [0.717, 1.165) is 37.7 Å². The SMILES string of the molecule is CCOC(=O)c1ccc(C(O)CCN2CCOCC2)s1. The number of aliphatic hydroxyl groups is 1. The summed E-state index contributed by atoms with van der Waals surface area (Å²) in [5.74, 6) is -0.316. The van der Waals surface area contributed by atoms with Crippen molar-refractivity contribution in [2.75, 3.05) is 39.5 Å². The van der Waals surface area contributed by atoms with Gasteiger partial charge in [-0.1, -0.05) is 0 Å². The van der Waals surface area contributed by atoms with Crippen molar-refractivity contribution in [2.45, 2.75) is 19.4 Å². The summed E-state index contributed by atoms with van der Waals surface area (Å²) in [7, 11) is 0. The molecule has 0 spiro atoms. The predicted octanol–water partition coefficient (Wildman–Crippen LogP) is 1.68. The average Bonchev–Trinajstić information content (AvgIpc) is 2.96. The Balaban J connectivity index is 1.82. The number of nitrogens with zero attached hydrogens (tertiary/aromatic N) is 1. The maximum absolute atomic E-state index is 11.6. The highest BCUT2D eigenvalue weighted by atomic mass is 32.1. The molecule has 1 saturated heterocycles. The van der Waals surface area contributed by atoms with Crippen molar-refractivity contribution >= 4 is 17.3 Å². The number of carbonyl (C=O) groups is 1. The summed E-state index contributed by atoms with van der Waals surface area (Å²) in [6.07, 6.45) is 0.147. The Kier molecular flexibility index (Phi) is 5.97. The zero-order valence-corrected chi connectivity index (χ0v) is 12.5. The maximum Gasteiger partial charge on any atom is 0.348 e. The minimum atomic E-state index is -0.522. The van der Waals surface area contributed by atoms with E-state index in [4.69, 9.17) is 9.47 Å². The van der Waals surface area contributed by atoms with Gasteiger partial charge in [0.15, 0.2) is 0 Å². The highest BCUT2D eigenvalue weighted by Gasteiger charge is 2.17. The minimum Gasteiger partial charge on any atom is -0.462 e. The lowest BCUT2D eigenvalue weighted by Crippen LogP contribution is -2.37. The van der Waals surface area contributed by atoms with Crippen molar-refractivity contribution in [3.63, 3.8) is 0 Å². The predicted molar refractivity (Wildman–Crippen MR) is 77.1 cm³/mol. The van der Waals surface area contributed by atoms with Crippen LogP contribution in [0.5, 0.6) is 0 Å². The van der Waals surface area contributed by atoms with E-state index in [9.17, 15) is 9.90 Å². The van der Waals surface area contributed by atoms with Crippen molar-refractivity contribution < 1.29 is 19.4 Å². The Morgan fingerprint density at radius 3 is 2.95 bits per heavy atom. The summed E-state index contributed by atoms with van der Waals surface area (Å²) >= 11 is 1.31. The van der Waals surface area contributed by atoms with Crippen LogP contribution in [0, 0.1) is 0 Å². The molecule has 6 heteroatoms. The molecule has 0 aromatic carbocycles. The summed E-state index contributed by atoms with van der Waals surface area (Å²) in [4.78, 5) is 15.2. The van der Waals surface area contributed by atoms with Crippen LogP contribution in [0.2, 0.25) is 0 Å². The molecule has 2 rings (SSSR count). The standard InChI is InChI=1S/C14H21NO4S/c1-2-19-14(17)13-4-3-12(20-13)11(16)5-6-15-7-9-18-10-8-15/h3-4,11,16H,2,5-10H2,1H3. The molecular weight excluding hydrogens is 278 g/mol. The number of hydrogen-bond acceptors (Lipinski definition) is 6. The number of esters is 1. The monoisotopic (exact) mass is 299 g/mol. The van der Waals surface area contributed by atoms with Crippen LogP contribution in [0.3, 0.4) is 0 Å². The first kappa shape index (κ1) is 15.4. The van der Waals surface area contributed by atoms with E-state index < -0.39 is 6.10 Å². The quantitative estimate of drug-likeness (QED) is 0.810. The van der Waals surface area contributed by atoms with Crippen molar-refractivity contribution in [3.05, 3.63) is 21.9 Å². The number of aliphatic hydroxyl groups excluding tert-OH is 1. The summed E-state index contributed by atoms with van der Waals surface area (Å²) < 4.78 is 10.2. The van der Waals surface area contributed by atoms with Crippen LogP contribution in [0.4, 0.5) is 0 Å². The highest BCUT2D eigenvalue weighted by Crippen LogP contribution is 2.26. The van der Waals surface area contributed by atoms with E-state index >= 15 is 0 Å². The Bertz CT molecular complexity index is 429. The molecule has 5 nitrogen and oxygen atoms in total. The Labute approximate surface area is 123 Å². The number of carbonyl (C=O) groups excluding carboxylic acids is 1. The second kappa shape index (κ2) is 7.73. The molecule has 1 unspecified atom stereocenters. The van der Waals surface area contributed by atoms with Crippen LogP contribution in [-0.2, 0) is 9.47 Å². The Morgan fingerprint density at radius 1 is 1.50 bits per heavy atom. The average molecular weight is 299 g/mol. The summed E-state index contributed by atoms with van der Waals surface area (Å²) in [5, 5.41) is 10.2. The van der Waals surface area contributed by atoms with Gasteiger partial charge < -0.3 is 14.6 Å². The van der Waals surface area contributed by atoms with Gasteiger partial charge in [-0.05, 0) is 25.5 Å². The molecule has 0 radical (unpaired) electrons. The third-order valence-electron chi connectivity index (χ3n) is 3.25. The zero-order chi connectivity index (χ0) is 14.4. The molecule has 1 atom stereocenters. The highest BCUT2D eigenvalue weighted by molar-refractivity contribution is 7.14. The Hall–Kier alpha value is -0.950. The van der Waals surface area contributed by atoms with Gasteiger partial charge in [0.2, 0.25) is 0 Å². The topological polar surface area (TPSA) is 59.0 Å². The fourth-order valence-corrected chi connectivity index (χ4v) is 3.04. The molecule has 1 fully saturated rings. The van der Waals surface area contributed by atoms with Crippen molar-refractivity contribution in [1.82, 2.24) is 4.90 Å². The van der Waals surface area contributed by atoms with Gasteiger partial charge >= 0.3 is 5.97 Å². The number of rotatable bonds is 6. The summed E-state index contributed by atoms with van der Waals surface area (Å²) in [6, 6.07) is 3.52. The lowest BCUT2D eigenvalue weighted by molar-refractivity contribution is 0.0303. The van der Waals surface area contributed by atoms with Crippen molar-refractivity contribution in [1.29, 1.82) is 0 Å². The van der Waals surface area contributed by atoms with E-state index in [2.05, 4.69) is 4.90 Å². The van der Waals surface area contributed by atoms with Gasteiger partial charge in [-0.25, -0.2) is 4.79 Å².